The quantitative estimate of drug-likeness (QED) is 0.119. The van der Waals surface area contributed by atoms with Crippen LogP contribution >= 0.6 is 8.53 Å². The van der Waals surface area contributed by atoms with E-state index in [2.05, 4.69) is 10.1 Å². The number of ether oxygens (including phenoxy) is 2. The van der Waals surface area contributed by atoms with Crippen LogP contribution in [0.15, 0.2) is 125 Å². The molecular weight excluding hydrogens is 619 g/mol. The molecule has 5 aromatic rings. The van der Waals surface area contributed by atoms with Gasteiger partial charge in [0.25, 0.3) is 5.56 Å². The van der Waals surface area contributed by atoms with Gasteiger partial charge < -0.3 is 24.3 Å². The second-order valence-corrected chi connectivity index (χ2v) is 12.5. The van der Waals surface area contributed by atoms with Gasteiger partial charge in [-0.05, 0) is 41.8 Å². The van der Waals surface area contributed by atoms with Gasteiger partial charge in [0.15, 0.2) is 0 Å². The van der Waals surface area contributed by atoms with E-state index in [4.69, 9.17) is 24.3 Å². The number of nitrogens with one attached hydrogen (secondary N) is 2. The van der Waals surface area contributed by atoms with Gasteiger partial charge >= 0.3 is 20.2 Å². The van der Waals surface area contributed by atoms with Crippen molar-refractivity contribution in [2.45, 2.75) is 43.9 Å². The largest absolute Gasteiger partial charge is 0.460 e. The van der Waals surface area contributed by atoms with Crippen molar-refractivity contribution >= 4 is 25.3 Å². The van der Waals surface area contributed by atoms with Crippen LogP contribution in [0, 0.1) is 0 Å². The smallest absolute Gasteiger partial charge is 0.330 e. The van der Waals surface area contributed by atoms with E-state index in [0.29, 0.717) is 25.0 Å². The van der Waals surface area contributed by atoms with Gasteiger partial charge in [-0.1, -0.05) is 97.1 Å². The van der Waals surface area contributed by atoms with Gasteiger partial charge in [-0.2, -0.15) is 0 Å². The van der Waals surface area contributed by atoms with E-state index in [1.54, 1.807) is 0 Å². The maximum absolute atomic E-state index is 13.6. The Morgan fingerprint density at radius 2 is 1.66 bits per heavy atom. The molecule has 12 heteroatoms. The fourth-order valence-corrected chi connectivity index (χ4v) is 6.63. The second-order valence-electron chi connectivity index (χ2n) is 11.3. The van der Waals surface area contributed by atoms with Crippen LogP contribution in [0.4, 0.5) is 0 Å². The summed E-state index contributed by atoms with van der Waals surface area (Å²) >= 11 is 0. The van der Waals surface area contributed by atoms with E-state index in [-0.39, 0.29) is 13.2 Å². The fourth-order valence-electron chi connectivity index (χ4n) is 5.32. The van der Waals surface area contributed by atoms with Crippen LogP contribution in [0.25, 0.3) is 10.8 Å². The van der Waals surface area contributed by atoms with Gasteiger partial charge in [0.1, 0.15) is 30.4 Å². The number of nitrogens with zero attached hydrogens (tertiary/aromatic N) is 1. The third-order valence-corrected chi connectivity index (χ3v) is 9.00. The highest BCUT2D eigenvalue weighted by Gasteiger charge is 2.40. The Balaban J connectivity index is 1.24. The Morgan fingerprint density at radius 1 is 0.957 bits per heavy atom. The van der Waals surface area contributed by atoms with Crippen molar-refractivity contribution in [3.63, 3.8) is 0 Å². The first-order valence-electron chi connectivity index (χ1n) is 15.2. The van der Waals surface area contributed by atoms with E-state index in [1.165, 1.54) is 16.8 Å². The molecule has 1 aromatic heterocycles. The predicted octanol–water partition coefficient (Wildman–Crippen LogP) is 4.92. The number of fused-ring (bicyclic) bond motifs is 1. The minimum atomic E-state index is -2.00. The van der Waals surface area contributed by atoms with E-state index < -0.39 is 43.7 Å². The number of hydrogen-bond acceptors (Lipinski definition) is 9. The molecule has 4 aromatic carbocycles. The molecule has 1 aliphatic rings. The second kappa shape index (κ2) is 14.8. The molecule has 1 fully saturated rings. The molecule has 2 heterocycles. The number of H-pyrrole nitrogens is 1. The monoisotopic (exact) mass is 654 g/mol. The first-order chi connectivity index (χ1) is 22.8. The van der Waals surface area contributed by atoms with Gasteiger partial charge in [-0.3, -0.25) is 19.1 Å². The molecule has 11 nitrogen and oxygen atoms in total. The van der Waals surface area contributed by atoms with Crippen molar-refractivity contribution in [3.05, 3.63) is 147 Å². The molecule has 0 spiro atoms. The lowest BCUT2D eigenvalue weighted by Crippen LogP contribution is -2.45. The van der Waals surface area contributed by atoms with Gasteiger partial charge in [0.05, 0.1) is 6.61 Å². The number of aromatic amines is 1. The van der Waals surface area contributed by atoms with Crippen molar-refractivity contribution in [1.82, 2.24) is 14.6 Å². The molecule has 1 saturated heterocycles. The van der Waals surface area contributed by atoms with Gasteiger partial charge in [0, 0.05) is 17.6 Å². The Morgan fingerprint density at radius 3 is 2.43 bits per heavy atom. The third-order valence-electron chi connectivity index (χ3n) is 7.76. The average molecular weight is 655 g/mol. The van der Waals surface area contributed by atoms with Crippen molar-refractivity contribution in [1.29, 1.82) is 0 Å². The Kier molecular flexibility index (Phi) is 10.2. The number of rotatable bonds is 13. The maximum atomic E-state index is 13.6. The normalized spacial score (nSPS) is 18.9. The summed E-state index contributed by atoms with van der Waals surface area (Å²) < 4.78 is 25.9. The summed E-state index contributed by atoms with van der Waals surface area (Å²) in [4.78, 5) is 39.8. The zero-order chi connectivity index (χ0) is 32.6. The SMILES string of the molecule is N[C@@]1(COP(N[C@@H](Cc2ccccc2)C(=O)OCc2ccccc2)Oc2cccc3ccccc23)CCC(n2ccc(=O)[nH]c2=O)O1. The molecule has 0 amide bonds. The highest BCUT2D eigenvalue weighted by Crippen LogP contribution is 2.42. The van der Waals surface area contributed by atoms with E-state index in [1.807, 2.05) is 103 Å². The summed E-state index contributed by atoms with van der Waals surface area (Å²) in [7, 11) is -2.00. The molecule has 6 rings (SSSR count). The van der Waals surface area contributed by atoms with Crippen molar-refractivity contribution in [2.75, 3.05) is 6.61 Å². The summed E-state index contributed by atoms with van der Waals surface area (Å²) in [5.41, 5.74) is 6.05. The Hall–Kier alpha value is -4.64. The molecule has 0 aliphatic carbocycles. The van der Waals surface area contributed by atoms with Crippen LogP contribution in [0.5, 0.6) is 5.75 Å². The number of esters is 1. The van der Waals surface area contributed by atoms with Gasteiger partial charge in [-0.15, -0.1) is 0 Å². The van der Waals surface area contributed by atoms with E-state index >= 15 is 0 Å². The van der Waals surface area contributed by atoms with Gasteiger partial charge in [0.2, 0.25) is 0 Å². The fraction of sp³-hybridized carbons (Fsp3) is 0.229. The molecule has 4 N–H and O–H groups in total. The minimum absolute atomic E-state index is 0.109. The molecule has 47 heavy (non-hydrogen) atoms. The Labute approximate surface area is 272 Å². The number of benzene rings is 4. The maximum Gasteiger partial charge on any atom is 0.330 e. The predicted molar refractivity (Wildman–Crippen MR) is 178 cm³/mol. The summed E-state index contributed by atoms with van der Waals surface area (Å²) in [5, 5.41) is 5.14. The summed E-state index contributed by atoms with van der Waals surface area (Å²) in [5.74, 6) is 0.0984. The lowest BCUT2D eigenvalue weighted by molar-refractivity contribution is -0.147. The van der Waals surface area contributed by atoms with Crippen LogP contribution in [-0.2, 0) is 31.8 Å². The van der Waals surface area contributed by atoms with Crippen LogP contribution in [0.2, 0.25) is 0 Å². The zero-order valence-electron chi connectivity index (χ0n) is 25.5. The lowest BCUT2D eigenvalue weighted by atomic mass is 10.1. The number of aromatic nitrogens is 2. The van der Waals surface area contributed by atoms with Crippen LogP contribution in [-0.4, -0.2) is 33.9 Å². The summed E-state index contributed by atoms with van der Waals surface area (Å²) in [6, 6.07) is 33.0. The van der Waals surface area contributed by atoms with E-state index in [0.717, 1.165) is 21.9 Å². The van der Waals surface area contributed by atoms with Crippen molar-refractivity contribution < 1.29 is 23.3 Å². The van der Waals surface area contributed by atoms with Crippen molar-refractivity contribution in [3.8, 4) is 5.75 Å². The summed E-state index contributed by atoms with van der Waals surface area (Å²) in [6.45, 7) is 0.00304. The van der Waals surface area contributed by atoms with Crippen LogP contribution < -0.4 is 26.6 Å². The summed E-state index contributed by atoms with van der Waals surface area (Å²) in [6.07, 6.45) is 1.80. The minimum Gasteiger partial charge on any atom is -0.460 e. The molecule has 0 radical (unpaired) electrons. The average Bonchev–Trinajstić information content (AvgIpc) is 3.48. The third kappa shape index (κ3) is 8.40. The molecule has 0 bridgehead atoms. The lowest BCUT2D eigenvalue weighted by Gasteiger charge is -2.29. The highest BCUT2D eigenvalue weighted by atomic mass is 31.2. The molecule has 2 unspecified atom stereocenters. The molecule has 1 aliphatic heterocycles. The number of carbonyl (C=O) groups excluding carboxylic acids is 1. The van der Waals surface area contributed by atoms with Crippen LogP contribution in [0.1, 0.15) is 30.2 Å². The molecule has 242 valence electrons. The molecule has 4 atom stereocenters. The standard InChI is InChI=1S/C35H35N4O7P/c36-35(20-18-32(45-35)39-21-19-31(40)37-34(39)42)24-44-47(46-30-17-9-15-27-14-7-8-16-28(27)30)38-29(22-25-10-3-1-4-11-25)33(41)43-23-26-12-5-2-6-13-26/h1-17,19,21,29,32,38H,18,20,22-24,36H2,(H,37,40,42)/t29-,32?,35-,47?/m0/s1. The van der Waals surface area contributed by atoms with Crippen LogP contribution in [0.3, 0.4) is 0 Å². The van der Waals surface area contributed by atoms with Gasteiger partial charge in [-0.25, -0.2) is 9.88 Å². The zero-order valence-corrected chi connectivity index (χ0v) is 26.4. The number of carbonyl (C=O) groups is 1. The first-order valence-corrected chi connectivity index (χ1v) is 16.4. The van der Waals surface area contributed by atoms with Crippen molar-refractivity contribution in [2.24, 2.45) is 5.73 Å². The molecular formula is C35H35N4O7P. The van der Waals surface area contributed by atoms with E-state index in [9.17, 15) is 14.4 Å². The topological polar surface area (TPSA) is 147 Å². The number of nitrogens with two attached hydrogens (primary N) is 1. The molecule has 0 saturated carbocycles. The first kappa shape index (κ1) is 32.3. The number of hydrogen-bond donors (Lipinski definition) is 3. The highest BCUT2D eigenvalue weighted by molar-refractivity contribution is 7.45. The Bertz CT molecular complexity index is 1920.